The van der Waals surface area contributed by atoms with Gasteiger partial charge in [0.15, 0.2) is 5.58 Å². The molecule has 1 aromatic carbocycles. The minimum absolute atomic E-state index is 0.300. The molecule has 5 heteroatoms. The Bertz CT molecular complexity index is 612. The topological polar surface area (TPSA) is 78.1 Å². The van der Waals surface area contributed by atoms with Crippen molar-refractivity contribution in [2.24, 2.45) is 0 Å². The fourth-order valence-electron chi connectivity index (χ4n) is 1.49. The first-order valence-electron chi connectivity index (χ1n) is 4.39. The molecule has 0 bridgehead atoms. The molecule has 0 spiro atoms. The summed E-state index contributed by atoms with van der Waals surface area (Å²) >= 11 is 0. The Labute approximate surface area is 84.4 Å². The molecule has 3 rings (SSSR count). The zero-order valence-electron chi connectivity index (χ0n) is 7.68. The molecule has 0 amide bonds. The van der Waals surface area contributed by atoms with E-state index in [0.717, 1.165) is 16.5 Å². The number of nitrogen functional groups attached to an aromatic ring is 1. The Morgan fingerprint density at radius 3 is 2.73 bits per heavy atom. The summed E-state index contributed by atoms with van der Waals surface area (Å²) in [6, 6.07) is 5.68. The van der Waals surface area contributed by atoms with Crippen LogP contribution in [0.25, 0.3) is 22.1 Å². The number of anilines is 1. The van der Waals surface area contributed by atoms with E-state index in [1.807, 2.05) is 18.2 Å². The summed E-state index contributed by atoms with van der Waals surface area (Å²) in [6.45, 7) is 0. The van der Waals surface area contributed by atoms with Crippen LogP contribution in [0.1, 0.15) is 0 Å². The van der Waals surface area contributed by atoms with Crippen molar-refractivity contribution in [3.8, 4) is 11.1 Å². The summed E-state index contributed by atoms with van der Waals surface area (Å²) in [5.41, 5.74) is 7.99. The molecule has 0 aliphatic heterocycles. The monoisotopic (exact) mass is 201 g/mol. The van der Waals surface area contributed by atoms with Crippen LogP contribution in [0.4, 0.5) is 5.88 Å². The lowest BCUT2D eigenvalue weighted by molar-refractivity contribution is 0.436. The van der Waals surface area contributed by atoms with Gasteiger partial charge in [-0.1, -0.05) is 16.4 Å². The Morgan fingerprint density at radius 1 is 1.07 bits per heavy atom. The van der Waals surface area contributed by atoms with Crippen LogP contribution in [-0.2, 0) is 0 Å². The van der Waals surface area contributed by atoms with Gasteiger partial charge in [0.1, 0.15) is 0 Å². The largest absolute Gasteiger partial charge is 0.367 e. The van der Waals surface area contributed by atoms with E-state index in [1.165, 1.54) is 0 Å². The maximum Gasteiger partial charge on any atom is 0.229 e. The van der Waals surface area contributed by atoms with Gasteiger partial charge in [0.2, 0.25) is 5.88 Å². The second kappa shape index (κ2) is 2.84. The molecule has 0 saturated carbocycles. The maximum absolute atomic E-state index is 5.62. The van der Waals surface area contributed by atoms with Gasteiger partial charge >= 0.3 is 0 Å². The average molecular weight is 201 g/mol. The average Bonchev–Trinajstić information content (AvgIpc) is 2.84. The molecule has 2 N–H and O–H groups in total. The van der Waals surface area contributed by atoms with Gasteiger partial charge in [0.25, 0.3) is 0 Å². The fourth-order valence-corrected chi connectivity index (χ4v) is 1.49. The van der Waals surface area contributed by atoms with E-state index in [-0.39, 0.29) is 0 Å². The van der Waals surface area contributed by atoms with Crippen LogP contribution in [0, 0.1) is 0 Å². The third-order valence-corrected chi connectivity index (χ3v) is 2.27. The van der Waals surface area contributed by atoms with E-state index in [0.29, 0.717) is 11.5 Å². The fraction of sp³-hybridized carbons (Fsp3) is 0. The summed E-state index contributed by atoms with van der Waals surface area (Å²) in [7, 11) is 0. The van der Waals surface area contributed by atoms with E-state index in [9.17, 15) is 0 Å². The van der Waals surface area contributed by atoms with Gasteiger partial charge in [-0.25, -0.2) is 0 Å². The van der Waals surface area contributed by atoms with Crippen LogP contribution in [-0.4, -0.2) is 10.3 Å². The van der Waals surface area contributed by atoms with Gasteiger partial charge in [-0.05, 0) is 17.7 Å². The molecule has 5 nitrogen and oxygen atoms in total. The van der Waals surface area contributed by atoms with Gasteiger partial charge in [-0.15, -0.1) is 0 Å². The number of hydrogen-bond acceptors (Lipinski definition) is 5. The molecule has 0 fully saturated rings. The van der Waals surface area contributed by atoms with Crippen LogP contribution < -0.4 is 5.73 Å². The predicted molar refractivity (Wildman–Crippen MR) is 53.9 cm³/mol. The first-order chi connectivity index (χ1) is 7.34. The molecule has 74 valence electrons. The quantitative estimate of drug-likeness (QED) is 0.651. The highest BCUT2D eigenvalue weighted by molar-refractivity contribution is 5.84. The molecule has 3 aromatic rings. The van der Waals surface area contributed by atoms with Crippen molar-refractivity contribution in [3.63, 3.8) is 0 Å². The molecular formula is C10H7N3O2. The van der Waals surface area contributed by atoms with E-state index < -0.39 is 0 Å². The van der Waals surface area contributed by atoms with Crippen molar-refractivity contribution in [2.45, 2.75) is 0 Å². The van der Waals surface area contributed by atoms with Crippen molar-refractivity contribution < 1.29 is 9.05 Å². The highest BCUT2D eigenvalue weighted by Crippen LogP contribution is 2.28. The van der Waals surface area contributed by atoms with Gasteiger partial charge in [-0.2, -0.15) is 0 Å². The van der Waals surface area contributed by atoms with E-state index in [4.69, 9.17) is 14.8 Å². The Morgan fingerprint density at radius 2 is 1.93 bits per heavy atom. The van der Waals surface area contributed by atoms with Gasteiger partial charge < -0.3 is 14.8 Å². The lowest BCUT2D eigenvalue weighted by atomic mass is 10.1. The molecule has 0 radical (unpaired) electrons. The summed E-state index contributed by atoms with van der Waals surface area (Å²) in [4.78, 5) is 0. The lowest BCUT2D eigenvalue weighted by Gasteiger charge is -1.96. The van der Waals surface area contributed by atoms with Crippen LogP contribution in [0.2, 0.25) is 0 Å². The van der Waals surface area contributed by atoms with Crippen molar-refractivity contribution in [1.29, 1.82) is 0 Å². The number of hydrogen-bond donors (Lipinski definition) is 1. The second-order valence-electron chi connectivity index (χ2n) is 3.18. The van der Waals surface area contributed by atoms with Crippen molar-refractivity contribution in [1.82, 2.24) is 10.3 Å². The van der Waals surface area contributed by atoms with E-state index in [1.54, 1.807) is 12.4 Å². The predicted octanol–water partition coefficient (Wildman–Crippen LogP) is 2.06. The summed E-state index contributed by atoms with van der Waals surface area (Å²) in [6.07, 6.45) is 3.24. The van der Waals surface area contributed by atoms with Crippen LogP contribution in [0.5, 0.6) is 0 Å². The van der Waals surface area contributed by atoms with Crippen molar-refractivity contribution in [2.75, 3.05) is 5.73 Å². The third kappa shape index (κ3) is 1.17. The number of aromatic nitrogens is 2. The first kappa shape index (κ1) is 8.05. The summed E-state index contributed by atoms with van der Waals surface area (Å²) < 4.78 is 9.85. The number of fused-ring (bicyclic) bond motifs is 1. The van der Waals surface area contributed by atoms with Crippen molar-refractivity contribution in [3.05, 3.63) is 30.6 Å². The number of nitrogens with two attached hydrogens (primary N) is 1. The van der Waals surface area contributed by atoms with Gasteiger partial charge in [-0.3, -0.25) is 0 Å². The number of benzene rings is 1. The Balaban J connectivity index is 2.23. The number of nitrogens with zero attached hydrogens (tertiary/aromatic N) is 2. The highest BCUT2D eigenvalue weighted by Gasteiger charge is 2.08. The zero-order chi connectivity index (χ0) is 10.3. The third-order valence-electron chi connectivity index (χ3n) is 2.27. The standard InChI is InChI=1S/C10H7N3O2/c11-10-8(5-13-15-10)6-1-2-7-4-12-14-9(7)3-6/h1-5H,11H2. The zero-order valence-corrected chi connectivity index (χ0v) is 7.68. The maximum atomic E-state index is 5.62. The molecular weight excluding hydrogens is 194 g/mol. The first-order valence-corrected chi connectivity index (χ1v) is 4.39. The molecule has 0 unspecified atom stereocenters. The molecule has 0 aliphatic carbocycles. The van der Waals surface area contributed by atoms with Crippen LogP contribution in [0.3, 0.4) is 0 Å². The summed E-state index contributed by atoms with van der Waals surface area (Å²) in [5, 5.41) is 8.27. The smallest absolute Gasteiger partial charge is 0.229 e. The van der Waals surface area contributed by atoms with Crippen LogP contribution >= 0.6 is 0 Å². The SMILES string of the molecule is Nc1oncc1-c1ccc2cnoc2c1. The van der Waals surface area contributed by atoms with Gasteiger partial charge in [0, 0.05) is 5.39 Å². The molecule has 2 heterocycles. The lowest BCUT2D eigenvalue weighted by Crippen LogP contribution is -1.84. The molecule has 15 heavy (non-hydrogen) atoms. The Kier molecular flexibility index (Phi) is 1.53. The minimum atomic E-state index is 0.300. The van der Waals surface area contributed by atoms with Crippen molar-refractivity contribution >= 4 is 16.9 Å². The summed E-state index contributed by atoms with van der Waals surface area (Å²) in [5.74, 6) is 0.300. The molecule has 0 aliphatic rings. The van der Waals surface area contributed by atoms with Gasteiger partial charge in [0.05, 0.1) is 18.0 Å². The van der Waals surface area contributed by atoms with Crippen LogP contribution in [0.15, 0.2) is 39.6 Å². The number of rotatable bonds is 1. The molecule has 0 atom stereocenters. The normalized spacial score (nSPS) is 10.9. The molecule has 0 saturated heterocycles. The highest BCUT2D eigenvalue weighted by atomic mass is 16.5. The Hall–Kier alpha value is -2.30. The van der Waals surface area contributed by atoms with E-state index >= 15 is 0 Å². The van der Waals surface area contributed by atoms with E-state index in [2.05, 4.69) is 10.3 Å². The minimum Gasteiger partial charge on any atom is -0.367 e. The molecule has 2 aromatic heterocycles. The second-order valence-corrected chi connectivity index (χ2v) is 3.18.